The summed E-state index contributed by atoms with van der Waals surface area (Å²) < 4.78 is 2.46. The van der Waals surface area contributed by atoms with Gasteiger partial charge in [-0.25, -0.2) is 9.97 Å². The van der Waals surface area contributed by atoms with E-state index in [1.54, 1.807) is 0 Å². The van der Waals surface area contributed by atoms with Crippen molar-refractivity contribution in [1.82, 2.24) is 14.5 Å². The highest BCUT2D eigenvalue weighted by Crippen LogP contribution is 2.41. The van der Waals surface area contributed by atoms with Crippen LogP contribution in [0.3, 0.4) is 0 Å². The summed E-state index contributed by atoms with van der Waals surface area (Å²) in [6.07, 6.45) is 0. The second kappa shape index (κ2) is 16.0. The van der Waals surface area contributed by atoms with Crippen molar-refractivity contribution in [2.75, 3.05) is 0 Å². The SMILES string of the molecule is c1ccc(-c2ccc3c(c2)c2cc(-c4ccccc4)ccc2n3-c2ccc(-c3ccc(-c4nc(-c5cccc6ccccc56)cc(-c5cccc6ccccc56)n4)cc3)c3ccccc23)cc1. The second-order valence-corrected chi connectivity index (χ2v) is 17.3. The van der Waals surface area contributed by atoms with Gasteiger partial charge in [0.05, 0.1) is 28.1 Å². The van der Waals surface area contributed by atoms with Gasteiger partial charge in [0.25, 0.3) is 0 Å². The summed E-state index contributed by atoms with van der Waals surface area (Å²) in [5.41, 5.74) is 15.6. The average molecular weight is 852 g/mol. The summed E-state index contributed by atoms with van der Waals surface area (Å²) in [6.45, 7) is 0. The number of benzene rings is 11. The molecule has 0 saturated heterocycles. The molecule has 2 heterocycles. The van der Waals surface area contributed by atoms with E-state index in [2.05, 4.69) is 253 Å². The maximum Gasteiger partial charge on any atom is 0.160 e. The molecule has 3 heteroatoms. The molecule has 0 N–H and O–H groups in total. The summed E-state index contributed by atoms with van der Waals surface area (Å²) in [7, 11) is 0. The van der Waals surface area contributed by atoms with Crippen LogP contribution in [0.15, 0.2) is 249 Å². The molecule has 2 aromatic heterocycles. The molecule has 13 aromatic rings. The Bertz CT molecular complexity index is 3810. The average Bonchev–Trinajstić information content (AvgIpc) is 3.73. The van der Waals surface area contributed by atoms with Crippen LogP contribution in [0.4, 0.5) is 0 Å². The minimum Gasteiger partial charge on any atom is -0.309 e. The van der Waals surface area contributed by atoms with Gasteiger partial charge in [0.1, 0.15) is 0 Å². The Hall–Kier alpha value is -8.92. The quantitative estimate of drug-likeness (QED) is 0.160. The molecule has 0 aliphatic heterocycles. The van der Waals surface area contributed by atoms with Crippen LogP contribution >= 0.6 is 0 Å². The van der Waals surface area contributed by atoms with Gasteiger partial charge in [-0.1, -0.05) is 212 Å². The number of fused-ring (bicyclic) bond motifs is 6. The molecular weight excluding hydrogens is 811 g/mol. The molecule has 0 aliphatic rings. The smallest absolute Gasteiger partial charge is 0.160 e. The summed E-state index contributed by atoms with van der Waals surface area (Å²) in [4.78, 5) is 10.6. The van der Waals surface area contributed by atoms with Crippen molar-refractivity contribution in [1.29, 1.82) is 0 Å². The van der Waals surface area contributed by atoms with E-state index in [1.165, 1.54) is 81.9 Å². The number of rotatable bonds is 7. The van der Waals surface area contributed by atoms with Gasteiger partial charge in [0.15, 0.2) is 5.82 Å². The maximum absolute atomic E-state index is 5.30. The molecule has 0 atom stereocenters. The largest absolute Gasteiger partial charge is 0.309 e. The van der Waals surface area contributed by atoms with Gasteiger partial charge < -0.3 is 4.57 Å². The Morgan fingerprint density at radius 2 is 0.701 bits per heavy atom. The fraction of sp³-hybridized carbons (Fsp3) is 0. The Kier molecular flexibility index (Phi) is 9.17. The van der Waals surface area contributed by atoms with Crippen LogP contribution < -0.4 is 0 Å². The van der Waals surface area contributed by atoms with Gasteiger partial charge >= 0.3 is 0 Å². The highest BCUT2D eigenvalue weighted by Gasteiger charge is 2.19. The Balaban J connectivity index is 0.941. The third-order valence-corrected chi connectivity index (χ3v) is 13.4. The Labute approximate surface area is 388 Å². The maximum atomic E-state index is 5.30. The fourth-order valence-corrected chi connectivity index (χ4v) is 10.2. The van der Waals surface area contributed by atoms with Gasteiger partial charge in [-0.3, -0.25) is 0 Å². The van der Waals surface area contributed by atoms with Crippen LogP contribution in [0, 0.1) is 0 Å². The van der Waals surface area contributed by atoms with E-state index in [9.17, 15) is 0 Å². The molecule has 0 spiro atoms. The molecule has 0 unspecified atom stereocenters. The van der Waals surface area contributed by atoms with Gasteiger partial charge in [-0.2, -0.15) is 0 Å². The summed E-state index contributed by atoms with van der Waals surface area (Å²) in [5, 5.41) is 9.54. The van der Waals surface area contributed by atoms with Crippen molar-refractivity contribution in [2.45, 2.75) is 0 Å². The molecule has 0 saturated carbocycles. The van der Waals surface area contributed by atoms with E-state index < -0.39 is 0 Å². The van der Waals surface area contributed by atoms with E-state index in [0.717, 1.165) is 39.3 Å². The van der Waals surface area contributed by atoms with Gasteiger partial charge in [0.2, 0.25) is 0 Å². The van der Waals surface area contributed by atoms with E-state index in [4.69, 9.17) is 9.97 Å². The number of hydrogen-bond acceptors (Lipinski definition) is 2. The van der Waals surface area contributed by atoms with E-state index in [-0.39, 0.29) is 0 Å². The zero-order chi connectivity index (χ0) is 44.3. The van der Waals surface area contributed by atoms with Gasteiger partial charge in [0, 0.05) is 32.8 Å². The first-order chi connectivity index (χ1) is 33.2. The minimum atomic E-state index is 0.692. The molecule has 0 amide bonds. The highest BCUT2D eigenvalue weighted by atomic mass is 15.0. The fourth-order valence-electron chi connectivity index (χ4n) is 10.2. The van der Waals surface area contributed by atoms with Crippen LogP contribution in [0.2, 0.25) is 0 Å². The van der Waals surface area contributed by atoms with Crippen LogP contribution in [0.5, 0.6) is 0 Å². The first-order valence-corrected chi connectivity index (χ1v) is 22.9. The van der Waals surface area contributed by atoms with E-state index in [1.807, 2.05) is 0 Å². The van der Waals surface area contributed by atoms with Crippen molar-refractivity contribution in [2.24, 2.45) is 0 Å². The molecule has 67 heavy (non-hydrogen) atoms. The van der Waals surface area contributed by atoms with Crippen molar-refractivity contribution >= 4 is 54.1 Å². The number of hydrogen-bond donors (Lipinski definition) is 0. The van der Waals surface area contributed by atoms with Gasteiger partial charge in [-0.15, -0.1) is 0 Å². The van der Waals surface area contributed by atoms with Crippen molar-refractivity contribution < 1.29 is 0 Å². The normalized spacial score (nSPS) is 11.6. The molecular formula is C64H41N3. The van der Waals surface area contributed by atoms with E-state index in [0.29, 0.717) is 5.82 Å². The molecule has 13 rings (SSSR count). The van der Waals surface area contributed by atoms with Crippen LogP contribution in [0.25, 0.3) is 127 Å². The highest BCUT2D eigenvalue weighted by molar-refractivity contribution is 6.13. The molecule has 312 valence electrons. The zero-order valence-corrected chi connectivity index (χ0v) is 36.5. The van der Waals surface area contributed by atoms with Crippen LogP contribution in [-0.4, -0.2) is 14.5 Å². The predicted molar refractivity (Wildman–Crippen MR) is 282 cm³/mol. The lowest BCUT2D eigenvalue weighted by Crippen LogP contribution is -1.97. The monoisotopic (exact) mass is 851 g/mol. The van der Waals surface area contributed by atoms with Crippen molar-refractivity contribution in [3.8, 4) is 73.0 Å². The topological polar surface area (TPSA) is 30.7 Å². The summed E-state index contributed by atoms with van der Waals surface area (Å²) in [6, 6.07) is 89.5. The number of aromatic nitrogens is 3. The minimum absolute atomic E-state index is 0.692. The van der Waals surface area contributed by atoms with Crippen molar-refractivity contribution in [3.05, 3.63) is 249 Å². The van der Waals surface area contributed by atoms with Crippen LogP contribution in [-0.2, 0) is 0 Å². The second-order valence-electron chi connectivity index (χ2n) is 17.3. The molecule has 11 aromatic carbocycles. The van der Waals surface area contributed by atoms with Gasteiger partial charge in [-0.05, 0) is 96.7 Å². The Morgan fingerprint density at radius 1 is 0.254 bits per heavy atom. The first-order valence-electron chi connectivity index (χ1n) is 22.9. The standard InChI is InChI=1S/C64H41N3/c1-3-15-42(16-4-1)48-33-36-62-57(39-48)58-40-49(43-17-5-2-6-18-43)34-37-63(58)67(62)61-38-35-52(53-25-11-12-26-56(53)61)46-29-31-47(32-30-46)64-65-59(54-27-13-21-44-19-7-9-23-50(44)54)41-60(66-64)55-28-14-22-45-20-8-10-24-51(45)55/h1-41H. The molecule has 0 radical (unpaired) electrons. The molecule has 0 fully saturated rings. The summed E-state index contributed by atoms with van der Waals surface area (Å²) >= 11 is 0. The summed E-state index contributed by atoms with van der Waals surface area (Å²) in [5.74, 6) is 0.692. The molecule has 0 bridgehead atoms. The third kappa shape index (κ3) is 6.67. The van der Waals surface area contributed by atoms with Crippen molar-refractivity contribution in [3.63, 3.8) is 0 Å². The number of nitrogens with zero attached hydrogens (tertiary/aromatic N) is 3. The lowest BCUT2D eigenvalue weighted by Gasteiger charge is -2.16. The zero-order valence-electron chi connectivity index (χ0n) is 36.5. The first kappa shape index (κ1) is 38.5. The predicted octanol–water partition coefficient (Wildman–Crippen LogP) is 17.0. The van der Waals surface area contributed by atoms with Crippen LogP contribution in [0.1, 0.15) is 0 Å². The Morgan fingerprint density at radius 3 is 1.25 bits per heavy atom. The lowest BCUT2D eigenvalue weighted by atomic mass is 9.96. The third-order valence-electron chi connectivity index (χ3n) is 13.4. The lowest BCUT2D eigenvalue weighted by molar-refractivity contribution is 1.19. The molecule has 0 aliphatic carbocycles. The molecule has 3 nitrogen and oxygen atoms in total. The van der Waals surface area contributed by atoms with E-state index >= 15 is 0 Å².